The zero-order chi connectivity index (χ0) is 12.5. The topological polar surface area (TPSA) is 40.5 Å². The first-order valence-electron chi connectivity index (χ1n) is 6.91. The average molecular weight is 239 g/mol. The van der Waals surface area contributed by atoms with Crippen LogP contribution < -0.4 is 0 Å². The number of nitrogens with zero attached hydrogens (tertiary/aromatic N) is 1. The van der Waals surface area contributed by atoms with Crippen LogP contribution in [-0.4, -0.2) is 34.6 Å². The van der Waals surface area contributed by atoms with Crippen molar-refractivity contribution >= 4 is 5.91 Å². The number of rotatable bonds is 2. The summed E-state index contributed by atoms with van der Waals surface area (Å²) < 4.78 is 0. The predicted octanol–water partition coefficient (Wildman–Crippen LogP) is 2.33. The number of hydrogen-bond acceptors (Lipinski definition) is 2. The maximum atomic E-state index is 11.8. The number of β-amino-alcohol motifs (C(OH)–C–C–N with tert-alkyl or cyclic N) is 1. The van der Waals surface area contributed by atoms with Crippen LogP contribution in [0.1, 0.15) is 58.8 Å². The van der Waals surface area contributed by atoms with Crippen LogP contribution in [0.15, 0.2) is 0 Å². The fraction of sp³-hybridized carbons (Fsp3) is 0.929. The fourth-order valence-corrected chi connectivity index (χ4v) is 2.93. The van der Waals surface area contributed by atoms with Gasteiger partial charge in [0, 0.05) is 19.5 Å². The first-order chi connectivity index (χ1) is 7.90. The Morgan fingerprint density at radius 2 is 1.82 bits per heavy atom. The zero-order valence-corrected chi connectivity index (χ0v) is 11.2. The molecule has 1 aliphatic heterocycles. The van der Waals surface area contributed by atoms with Crippen molar-refractivity contribution in [2.24, 2.45) is 5.41 Å². The van der Waals surface area contributed by atoms with Crippen molar-refractivity contribution in [3.05, 3.63) is 0 Å². The SMILES string of the molecule is CC1(C)CCC(O)(CN2CCCCC2=O)CC1. The maximum absolute atomic E-state index is 11.8. The Kier molecular flexibility index (Phi) is 3.48. The minimum Gasteiger partial charge on any atom is -0.388 e. The first-order valence-corrected chi connectivity index (χ1v) is 6.91. The standard InChI is InChI=1S/C14H25NO2/c1-13(2)6-8-14(17,9-7-13)11-15-10-4-3-5-12(15)16/h17H,3-11H2,1-2H3. The Bertz CT molecular complexity index is 289. The number of piperidine rings is 1. The molecule has 0 aromatic heterocycles. The Morgan fingerprint density at radius 3 is 2.41 bits per heavy atom. The maximum Gasteiger partial charge on any atom is 0.222 e. The molecular weight excluding hydrogens is 214 g/mol. The highest BCUT2D eigenvalue weighted by Crippen LogP contribution is 2.40. The normalized spacial score (nSPS) is 28.2. The molecule has 0 aromatic rings. The third-order valence-electron chi connectivity index (χ3n) is 4.44. The second kappa shape index (κ2) is 4.60. The summed E-state index contributed by atoms with van der Waals surface area (Å²) in [4.78, 5) is 13.6. The van der Waals surface area contributed by atoms with Gasteiger partial charge >= 0.3 is 0 Å². The molecule has 98 valence electrons. The summed E-state index contributed by atoms with van der Waals surface area (Å²) in [6.45, 7) is 5.92. The van der Waals surface area contributed by atoms with Crippen molar-refractivity contribution in [2.75, 3.05) is 13.1 Å². The van der Waals surface area contributed by atoms with E-state index in [0.717, 1.165) is 45.1 Å². The third-order valence-corrected chi connectivity index (χ3v) is 4.44. The van der Waals surface area contributed by atoms with Gasteiger partial charge in [0.1, 0.15) is 0 Å². The lowest BCUT2D eigenvalue weighted by Crippen LogP contribution is -2.49. The minimum atomic E-state index is -0.622. The van der Waals surface area contributed by atoms with Gasteiger partial charge < -0.3 is 10.0 Å². The molecule has 2 rings (SSSR count). The summed E-state index contributed by atoms with van der Waals surface area (Å²) in [5.74, 6) is 0.231. The van der Waals surface area contributed by atoms with Crippen LogP contribution in [0.3, 0.4) is 0 Å². The molecule has 1 N–H and O–H groups in total. The first kappa shape index (κ1) is 12.9. The summed E-state index contributed by atoms with van der Waals surface area (Å²) in [5, 5.41) is 10.6. The van der Waals surface area contributed by atoms with E-state index in [2.05, 4.69) is 13.8 Å². The van der Waals surface area contributed by atoms with Crippen LogP contribution >= 0.6 is 0 Å². The lowest BCUT2D eigenvalue weighted by Gasteiger charge is -2.43. The van der Waals surface area contributed by atoms with Crippen molar-refractivity contribution < 1.29 is 9.90 Å². The van der Waals surface area contributed by atoms with E-state index in [1.165, 1.54) is 0 Å². The largest absolute Gasteiger partial charge is 0.388 e. The number of carbonyl (C=O) groups excluding carboxylic acids is 1. The van der Waals surface area contributed by atoms with E-state index in [1.54, 1.807) is 0 Å². The molecule has 3 nitrogen and oxygen atoms in total. The Hall–Kier alpha value is -0.570. The van der Waals surface area contributed by atoms with Gasteiger partial charge in [0.15, 0.2) is 0 Å². The van der Waals surface area contributed by atoms with Crippen LogP contribution in [0, 0.1) is 5.41 Å². The lowest BCUT2D eigenvalue weighted by atomic mass is 9.71. The number of hydrogen-bond donors (Lipinski definition) is 1. The van der Waals surface area contributed by atoms with Gasteiger partial charge in [0.2, 0.25) is 5.91 Å². The second-order valence-corrected chi connectivity index (χ2v) is 6.66. The Morgan fingerprint density at radius 1 is 1.18 bits per heavy atom. The molecule has 0 spiro atoms. The molecule has 1 heterocycles. The summed E-state index contributed by atoms with van der Waals surface area (Å²) >= 11 is 0. The van der Waals surface area contributed by atoms with E-state index in [9.17, 15) is 9.90 Å². The van der Waals surface area contributed by atoms with Gasteiger partial charge in [-0.05, 0) is 43.9 Å². The van der Waals surface area contributed by atoms with E-state index in [1.807, 2.05) is 4.90 Å². The number of amides is 1. The van der Waals surface area contributed by atoms with Gasteiger partial charge in [-0.3, -0.25) is 4.79 Å². The molecule has 0 unspecified atom stereocenters. The van der Waals surface area contributed by atoms with Gasteiger partial charge in [-0.15, -0.1) is 0 Å². The highest BCUT2D eigenvalue weighted by atomic mass is 16.3. The van der Waals surface area contributed by atoms with E-state index in [0.29, 0.717) is 18.4 Å². The second-order valence-electron chi connectivity index (χ2n) is 6.66. The summed E-state index contributed by atoms with van der Waals surface area (Å²) in [7, 11) is 0. The van der Waals surface area contributed by atoms with Gasteiger partial charge in [-0.1, -0.05) is 13.8 Å². The van der Waals surface area contributed by atoms with Crippen molar-refractivity contribution in [2.45, 2.75) is 64.4 Å². The quantitative estimate of drug-likeness (QED) is 0.803. The minimum absolute atomic E-state index is 0.231. The smallest absolute Gasteiger partial charge is 0.222 e. The molecule has 1 saturated heterocycles. The van der Waals surface area contributed by atoms with Gasteiger partial charge in [-0.2, -0.15) is 0 Å². The Balaban J connectivity index is 1.91. The average Bonchev–Trinajstić information content (AvgIpc) is 2.27. The van der Waals surface area contributed by atoms with Crippen molar-refractivity contribution in [3.63, 3.8) is 0 Å². The van der Waals surface area contributed by atoms with Crippen LogP contribution in [0.4, 0.5) is 0 Å². The Labute approximate surface area is 104 Å². The molecule has 0 aromatic carbocycles. The highest BCUT2D eigenvalue weighted by molar-refractivity contribution is 5.76. The van der Waals surface area contributed by atoms with Gasteiger partial charge in [-0.25, -0.2) is 0 Å². The van der Waals surface area contributed by atoms with Gasteiger partial charge in [0.25, 0.3) is 0 Å². The van der Waals surface area contributed by atoms with E-state index >= 15 is 0 Å². The van der Waals surface area contributed by atoms with E-state index in [-0.39, 0.29) is 5.91 Å². The van der Waals surface area contributed by atoms with Crippen molar-refractivity contribution in [1.82, 2.24) is 4.90 Å². The van der Waals surface area contributed by atoms with E-state index < -0.39 is 5.60 Å². The molecule has 1 saturated carbocycles. The van der Waals surface area contributed by atoms with Crippen LogP contribution in [0.2, 0.25) is 0 Å². The molecule has 3 heteroatoms. The van der Waals surface area contributed by atoms with Gasteiger partial charge in [0.05, 0.1) is 5.60 Å². The third kappa shape index (κ3) is 3.21. The number of likely N-dealkylation sites (tertiary alicyclic amines) is 1. The number of aliphatic hydroxyl groups is 1. The van der Waals surface area contributed by atoms with Crippen molar-refractivity contribution in [1.29, 1.82) is 0 Å². The van der Waals surface area contributed by atoms with Crippen LogP contribution in [0.5, 0.6) is 0 Å². The zero-order valence-electron chi connectivity index (χ0n) is 11.2. The lowest BCUT2D eigenvalue weighted by molar-refractivity contribution is -0.139. The molecule has 0 bridgehead atoms. The summed E-state index contributed by atoms with van der Waals surface area (Å²) in [6, 6.07) is 0. The predicted molar refractivity (Wildman–Crippen MR) is 67.6 cm³/mol. The molecule has 1 aliphatic carbocycles. The van der Waals surface area contributed by atoms with E-state index in [4.69, 9.17) is 0 Å². The molecule has 1 amide bonds. The molecule has 0 atom stereocenters. The molecular formula is C14H25NO2. The number of carbonyl (C=O) groups is 1. The summed E-state index contributed by atoms with van der Waals surface area (Å²) in [6.07, 6.45) is 6.57. The molecule has 17 heavy (non-hydrogen) atoms. The fourth-order valence-electron chi connectivity index (χ4n) is 2.93. The van der Waals surface area contributed by atoms with Crippen LogP contribution in [-0.2, 0) is 4.79 Å². The highest BCUT2D eigenvalue weighted by Gasteiger charge is 2.38. The molecule has 0 radical (unpaired) electrons. The monoisotopic (exact) mass is 239 g/mol. The molecule has 2 aliphatic rings. The molecule has 2 fully saturated rings. The summed E-state index contributed by atoms with van der Waals surface area (Å²) in [5.41, 5.74) is -0.263. The van der Waals surface area contributed by atoms with Crippen molar-refractivity contribution in [3.8, 4) is 0 Å². The van der Waals surface area contributed by atoms with Crippen LogP contribution in [0.25, 0.3) is 0 Å².